The predicted molar refractivity (Wildman–Crippen MR) is 95.6 cm³/mol. The van der Waals surface area contributed by atoms with Crippen molar-refractivity contribution in [2.75, 3.05) is 7.11 Å². The highest BCUT2D eigenvalue weighted by molar-refractivity contribution is 6.30. The second-order valence-corrected chi connectivity index (χ2v) is 6.81. The summed E-state index contributed by atoms with van der Waals surface area (Å²) in [4.78, 5) is 16.7. The lowest BCUT2D eigenvalue weighted by molar-refractivity contribution is -0.122. The quantitative estimate of drug-likeness (QED) is 0.830. The van der Waals surface area contributed by atoms with Crippen LogP contribution in [0.5, 0.6) is 5.88 Å². The summed E-state index contributed by atoms with van der Waals surface area (Å²) in [7, 11) is 1.56. The Kier molecular flexibility index (Phi) is 5.56. The van der Waals surface area contributed by atoms with Gasteiger partial charge in [0.05, 0.1) is 25.7 Å². The van der Waals surface area contributed by atoms with Crippen molar-refractivity contribution in [1.82, 2.24) is 10.3 Å². The number of halogens is 1. The number of nitrogens with zero attached hydrogens (tertiary/aromatic N) is 1. The number of carbonyl (C=O) groups is 1. The molecule has 25 heavy (non-hydrogen) atoms. The summed E-state index contributed by atoms with van der Waals surface area (Å²) in [6, 6.07) is 10.8. The predicted octanol–water partition coefficient (Wildman–Crippen LogP) is 2.91. The van der Waals surface area contributed by atoms with Crippen molar-refractivity contribution in [1.29, 1.82) is 0 Å². The van der Waals surface area contributed by atoms with Gasteiger partial charge in [0.2, 0.25) is 11.8 Å². The summed E-state index contributed by atoms with van der Waals surface area (Å²) >= 11 is 5.98. The van der Waals surface area contributed by atoms with Gasteiger partial charge in [-0.25, -0.2) is 4.98 Å². The minimum atomic E-state index is -0.288. The maximum atomic E-state index is 12.5. The molecule has 1 aliphatic rings. The van der Waals surface area contributed by atoms with Crippen LogP contribution in [0.15, 0.2) is 42.6 Å². The Hall–Kier alpha value is -2.11. The van der Waals surface area contributed by atoms with Crippen LogP contribution >= 0.6 is 11.6 Å². The molecule has 0 aliphatic heterocycles. The molecule has 1 fully saturated rings. The second-order valence-electron chi connectivity index (χ2n) is 6.37. The third-order valence-electron chi connectivity index (χ3n) is 4.52. The van der Waals surface area contributed by atoms with Gasteiger partial charge < -0.3 is 15.2 Å². The summed E-state index contributed by atoms with van der Waals surface area (Å²) in [6.07, 6.45) is 3.04. The van der Waals surface area contributed by atoms with Gasteiger partial charge in [-0.15, -0.1) is 0 Å². The molecule has 3 rings (SSSR count). The smallest absolute Gasteiger partial charge is 0.224 e. The second kappa shape index (κ2) is 7.85. The molecule has 1 aromatic carbocycles. The minimum Gasteiger partial charge on any atom is -0.481 e. The summed E-state index contributed by atoms with van der Waals surface area (Å²) in [6.45, 7) is 0. The molecular weight excluding hydrogens is 340 g/mol. The number of aliphatic hydroxyl groups is 1. The van der Waals surface area contributed by atoms with Crippen molar-refractivity contribution in [3.63, 3.8) is 0 Å². The number of pyridine rings is 1. The first-order valence-corrected chi connectivity index (χ1v) is 8.64. The molecule has 0 radical (unpaired) electrons. The zero-order chi connectivity index (χ0) is 17.8. The van der Waals surface area contributed by atoms with Crippen LogP contribution in [0.4, 0.5) is 0 Å². The van der Waals surface area contributed by atoms with E-state index in [9.17, 15) is 9.90 Å². The number of hydrogen-bond donors (Lipinski definition) is 2. The Morgan fingerprint density at radius 2 is 2.20 bits per heavy atom. The van der Waals surface area contributed by atoms with E-state index in [4.69, 9.17) is 16.3 Å². The maximum Gasteiger partial charge on any atom is 0.224 e. The summed E-state index contributed by atoms with van der Waals surface area (Å²) in [5.41, 5.74) is 1.78. The molecule has 132 valence electrons. The molecule has 1 saturated carbocycles. The molecule has 0 spiro atoms. The first kappa shape index (κ1) is 17.7. The first-order valence-electron chi connectivity index (χ1n) is 8.27. The van der Waals surface area contributed by atoms with Crippen LogP contribution in [0.2, 0.25) is 5.02 Å². The molecule has 1 aliphatic carbocycles. The molecule has 0 saturated heterocycles. The van der Waals surface area contributed by atoms with Crippen molar-refractivity contribution in [3.05, 3.63) is 58.7 Å². The molecule has 6 heteroatoms. The Morgan fingerprint density at radius 3 is 2.80 bits per heavy atom. The van der Waals surface area contributed by atoms with Gasteiger partial charge in [0.1, 0.15) is 0 Å². The molecule has 0 bridgehead atoms. The van der Waals surface area contributed by atoms with Crippen molar-refractivity contribution < 1.29 is 14.6 Å². The van der Waals surface area contributed by atoms with E-state index in [-0.39, 0.29) is 30.4 Å². The summed E-state index contributed by atoms with van der Waals surface area (Å²) in [5.74, 6) is 0.652. The molecule has 5 nitrogen and oxygen atoms in total. The number of amides is 1. The van der Waals surface area contributed by atoms with E-state index in [1.165, 1.54) is 0 Å². The van der Waals surface area contributed by atoms with Crippen LogP contribution in [-0.2, 0) is 11.2 Å². The Balaban J connectivity index is 1.71. The number of aromatic nitrogens is 1. The Bertz CT molecular complexity index is 730. The van der Waals surface area contributed by atoms with Crippen LogP contribution in [0.1, 0.15) is 30.0 Å². The normalized spacial score (nSPS) is 20.4. The van der Waals surface area contributed by atoms with Gasteiger partial charge >= 0.3 is 0 Å². The van der Waals surface area contributed by atoms with Crippen molar-refractivity contribution in [2.24, 2.45) is 5.92 Å². The molecule has 2 aromatic rings. The van der Waals surface area contributed by atoms with Crippen LogP contribution in [0, 0.1) is 5.92 Å². The minimum absolute atomic E-state index is 0.0792. The third kappa shape index (κ3) is 4.50. The highest BCUT2D eigenvalue weighted by atomic mass is 35.5. The van der Waals surface area contributed by atoms with Crippen LogP contribution in [-0.4, -0.2) is 29.2 Å². The fraction of sp³-hybridized carbons (Fsp3) is 0.368. The van der Waals surface area contributed by atoms with Gasteiger partial charge in [0, 0.05) is 17.3 Å². The topological polar surface area (TPSA) is 71.5 Å². The Morgan fingerprint density at radius 1 is 1.40 bits per heavy atom. The fourth-order valence-corrected chi connectivity index (χ4v) is 3.34. The molecule has 1 heterocycles. The molecular formula is C19H21ClN2O3. The van der Waals surface area contributed by atoms with Gasteiger partial charge in [-0.2, -0.15) is 0 Å². The molecule has 1 aromatic heterocycles. The summed E-state index contributed by atoms with van der Waals surface area (Å²) in [5, 5.41) is 13.3. The zero-order valence-electron chi connectivity index (χ0n) is 14.0. The van der Waals surface area contributed by atoms with Gasteiger partial charge in [-0.3, -0.25) is 4.79 Å². The van der Waals surface area contributed by atoms with Gasteiger partial charge in [0.25, 0.3) is 0 Å². The molecule has 1 atom stereocenters. The van der Waals surface area contributed by atoms with Crippen molar-refractivity contribution in [3.8, 4) is 5.88 Å². The molecule has 2 N–H and O–H groups in total. The van der Waals surface area contributed by atoms with E-state index < -0.39 is 0 Å². The average molecular weight is 361 g/mol. The van der Waals surface area contributed by atoms with E-state index in [2.05, 4.69) is 10.3 Å². The maximum absolute atomic E-state index is 12.5. The highest BCUT2D eigenvalue weighted by Crippen LogP contribution is 2.38. The third-order valence-corrected chi connectivity index (χ3v) is 4.75. The Labute approximate surface area is 152 Å². The van der Waals surface area contributed by atoms with E-state index >= 15 is 0 Å². The standard InChI is InChI=1S/C19H21ClN2O3/c1-25-18-6-5-13(11-21-18)19(14-9-16(23)10-14)22-17(24)8-12-3-2-4-15(20)7-12/h2-7,11,14,16,19,23H,8-10H2,1H3,(H,22,24)/t14?,16?,19-/m0/s1. The van der Waals surface area contributed by atoms with Crippen LogP contribution < -0.4 is 10.1 Å². The highest BCUT2D eigenvalue weighted by Gasteiger charge is 2.35. The number of benzene rings is 1. The molecule has 1 amide bonds. The van der Waals surface area contributed by atoms with E-state index in [1.54, 1.807) is 31.5 Å². The van der Waals surface area contributed by atoms with Crippen LogP contribution in [0.25, 0.3) is 0 Å². The number of ether oxygens (including phenoxy) is 1. The monoisotopic (exact) mass is 360 g/mol. The number of methoxy groups -OCH3 is 1. The van der Waals surface area contributed by atoms with Gasteiger partial charge in [-0.05, 0) is 42.0 Å². The fourth-order valence-electron chi connectivity index (χ4n) is 3.13. The number of carbonyl (C=O) groups excluding carboxylic acids is 1. The summed E-state index contributed by atoms with van der Waals surface area (Å²) < 4.78 is 5.09. The number of nitrogens with one attached hydrogen (secondary N) is 1. The lowest BCUT2D eigenvalue weighted by atomic mass is 9.75. The van der Waals surface area contributed by atoms with Gasteiger partial charge in [0.15, 0.2) is 0 Å². The average Bonchev–Trinajstić information content (AvgIpc) is 2.57. The number of aliphatic hydroxyl groups excluding tert-OH is 1. The van der Waals surface area contributed by atoms with Crippen LogP contribution in [0.3, 0.4) is 0 Å². The largest absolute Gasteiger partial charge is 0.481 e. The number of rotatable bonds is 6. The zero-order valence-corrected chi connectivity index (χ0v) is 14.7. The van der Waals surface area contributed by atoms with E-state index in [0.717, 1.165) is 11.1 Å². The molecule has 0 unspecified atom stereocenters. The van der Waals surface area contributed by atoms with Crippen molar-refractivity contribution in [2.45, 2.75) is 31.4 Å². The first-order chi connectivity index (χ1) is 12.0. The van der Waals surface area contributed by atoms with E-state index in [1.807, 2.05) is 18.2 Å². The SMILES string of the molecule is COc1ccc([C@H](NC(=O)Cc2cccc(Cl)c2)C2CC(O)C2)cn1. The van der Waals surface area contributed by atoms with Crippen molar-refractivity contribution >= 4 is 17.5 Å². The lowest BCUT2D eigenvalue weighted by Gasteiger charge is -2.38. The lowest BCUT2D eigenvalue weighted by Crippen LogP contribution is -2.41. The van der Waals surface area contributed by atoms with Gasteiger partial charge in [-0.1, -0.05) is 29.8 Å². The number of hydrogen-bond acceptors (Lipinski definition) is 4. The van der Waals surface area contributed by atoms with E-state index in [0.29, 0.717) is 23.7 Å².